The molecule has 0 atom stereocenters. The average Bonchev–Trinajstić information content (AvgIpc) is 2.74. The first-order chi connectivity index (χ1) is 14.2. The quantitative estimate of drug-likeness (QED) is 0.209. The fraction of sp³-hybridized carbons (Fsp3) is 0.636. The van der Waals surface area contributed by atoms with Crippen LogP contribution in [0.25, 0.3) is 0 Å². The van der Waals surface area contributed by atoms with Gasteiger partial charge >= 0.3 is 6.09 Å². The van der Waals surface area contributed by atoms with Gasteiger partial charge in [-0.1, -0.05) is 30.3 Å². The van der Waals surface area contributed by atoms with Crippen molar-refractivity contribution in [1.82, 2.24) is 15.5 Å². The third-order valence-electron chi connectivity index (χ3n) is 4.80. The van der Waals surface area contributed by atoms with E-state index in [2.05, 4.69) is 46.8 Å². The fourth-order valence-electron chi connectivity index (χ4n) is 3.23. The van der Waals surface area contributed by atoms with Crippen molar-refractivity contribution in [2.75, 3.05) is 46.0 Å². The number of guanidine groups is 1. The number of carbonyl (C=O) groups excluding carboxylic acids is 1. The maximum absolute atomic E-state index is 11.8. The Labute approximate surface area is 198 Å². The molecule has 1 aromatic rings. The van der Waals surface area contributed by atoms with E-state index in [1.807, 2.05) is 13.0 Å². The minimum absolute atomic E-state index is 0. The Balaban J connectivity index is 0.00000450. The zero-order valence-corrected chi connectivity index (χ0v) is 20.6. The number of ether oxygens (including phenoxy) is 2. The van der Waals surface area contributed by atoms with Gasteiger partial charge in [0, 0.05) is 38.8 Å². The lowest BCUT2D eigenvalue weighted by atomic mass is 10.1. The Morgan fingerprint density at radius 1 is 1.17 bits per heavy atom. The molecule has 1 aliphatic rings. The second-order valence-electron chi connectivity index (χ2n) is 7.07. The first-order valence-corrected chi connectivity index (χ1v) is 10.8. The third kappa shape index (κ3) is 10.5. The van der Waals surface area contributed by atoms with Crippen molar-refractivity contribution < 1.29 is 14.3 Å². The predicted molar refractivity (Wildman–Crippen MR) is 132 cm³/mol. The largest absolute Gasteiger partial charge is 0.450 e. The van der Waals surface area contributed by atoms with Gasteiger partial charge in [0.05, 0.1) is 13.2 Å². The van der Waals surface area contributed by atoms with Gasteiger partial charge in [0.1, 0.15) is 0 Å². The number of aliphatic imine (C=N–C) groups is 1. The number of nitrogens with one attached hydrogen (secondary N) is 2. The molecule has 170 valence electrons. The highest BCUT2D eigenvalue weighted by atomic mass is 127. The van der Waals surface area contributed by atoms with Crippen molar-refractivity contribution in [1.29, 1.82) is 0 Å². The Hall–Kier alpha value is -1.55. The van der Waals surface area contributed by atoms with Gasteiger partial charge in [-0.2, -0.15) is 0 Å². The molecule has 1 saturated heterocycles. The lowest BCUT2D eigenvalue weighted by Crippen LogP contribution is -2.49. The Morgan fingerprint density at radius 2 is 1.90 bits per heavy atom. The van der Waals surface area contributed by atoms with E-state index < -0.39 is 0 Å². The molecule has 1 heterocycles. The lowest BCUT2D eigenvalue weighted by Gasteiger charge is -2.32. The summed E-state index contributed by atoms with van der Waals surface area (Å²) in [5.74, 6) is 0.839. The summed E-state index contributed by atoms with van der Waals surface area (Å²) in [5.41, 5.74) is 1.30. The highest BCUT2D eigenvalue weighted by molar-refractivity contribution is 14.0. The number of rotatable bonds is 10. The van der Waals surface area contributed by atoms with Crippen LogP contribution in [0.5, 0.6) is 0 Å². The molecule has 0 bridgehead atoms. The average molecular weight is 532 g/mol. The van der Waals surface area contributed by atoms with E-state index in [4.69, 9.17) is 9.47 Å². The van der Waals surface area contributed by atoms with Crippen LogP contribution in [0, 0.1) is 0 Å². The molecule has 1 aliphatic heterocycles. The molecule has 0 unspecified atom stereocenters. The summed E-state index contributed by atoms with van der Waals surface area (Å²) in [4.78, 5) is 18.2. The van der Waals surface area contributed by atoms with Crippen LogP contribution in [-0.4, -0.2) is 69.0 Å². The van der Waals surface area contributed by atoms with Crippen LogP contribution < -0.4 is 10.6 Å². The fourth-order valence-corrected chi connectivity index (χ4v) is 3.23. The second-order valence-corrected chi connectivity index (χ2v) is 7.07. The molecule has 2 rings (SSSR count). The Bertz CT molecular complexity index is 608. The summed E-state index contributed by atoms with van der Waals surface area (Å²) in [5, 5.41) is 6.79. The highest BCUT2D eigenvalue weighted by Gasteiger charge is 2.23. The van der Waals surface area contributed by atoms with Crippen molar-refractivity contribution in [3.63, 3.8) is 0 Å². The molecule has 0 aliphatic carbocycles. The minimum Gasteiger partial charge on any atom is -0.450 e. The van der Waals surface area contributed by atoms with E-state index >= 15 is 0 Å². The first-order valence-electron chi connectivity index (χ1n) is 10.8. The SMILES string of the molecule is CCNC(=NCCCOCCc1ccccc1)NC1CCN(C(=O)OCC)CC1.I. The molecule has 7 nitrogen and oxygen atoms in total. The zero-order chi connectivity index (χ0) is 20.7. The second kappa shape index (κ2) is 16.2. The van der Waals surface area contributed by atoms with Gasteiger partial charge in [-0.25, -0.2) is 4.79 Å². The van der Waals surface area contributed by atoms with Crippen LogP contribution in [0.1, 0.15) is 38.7 Å². The van der Waals surface area contributed by atoms with E-state index in [1.54, 1.807) is 4.90 Å². The minimum atomic E-state index is -0.209. The van der Waals surface area contributed by atoms with Crippen LogP contribution in [-0.2, 0) is 15.9 Å². The van der Waals surface area contributed by atoms with Gasteiger partial charge in [0.25, 0.3) is 0 Å². The summed E-state index contributed by atoms with van der Waals surface area (Å²) in [7, 11) is 0. The van der Waals surface area contributed by atoms with Gasteiger partial charge in [0.2, 0.25) is 0 Å². The predicted octanol–water partition coefficient (Wildman–Crippen LogP) is 3.43. The van der Waals surface area contributed by atoms with Gasteiger partial charge < -0.3 is 25.0 Å². The third-order valence-corrected chi connectivity index (χ3v) is 4.80. The standard InChI is InChI=1S/C22H36N4O3.HI/c1-3-23-21(25-20-11-15-26(16-12-20)22(27)29-4-2)24-14-8-17-28-18-13-19-9-6-5-7-10-19;/h5-7,9-10,20H,3-4,8,11-18H2,1-2H3,(H2,23,24,25);1H. The van der Waals surface area contributed by atoms with Crippen LogP contribution in [0.3, 0.4) is 0 Å². The van der Waals surface area contributed by atoms with E-state index in [1.165, 1.54) is 5.56 Å². The van der Waals surface area contributed by atoms with Crippen molar-refractivity contribution in [2.45, 2.75) is 45.6 Å². The lowest BCUT2D eigenvalue weighted by molar-refractivity contribution is 0.0963. The van der Waals surface area contributed by atoms with Crippen molar-refractivity contribution >= 4 is 36.0 Å². The maximum atomic E-state index is 11.8. The number of amides is 1. The van der Waals surface area contributed by atoms with Gasteiger partial charge in [-0.15, -0.1) is 24.0 Å². The number of hydrogen-bond acceptors (Lipinski definition) is 4. The van der Waals surface area contributed by atoms with Crippen LogP contribution in [0.4, 0.5) is 4.79 Å². The van der Waals surface area contributed by atoms with E-state index in [0.29, 0.717) is 32.3 Å². The number of carbonyl (C=O) groups is 1. The molecule has 1 fully saturated rings. The number of halogens is 1. The first kappa shape index (κ1) is 26.5. The molecule has 0 aromatic heterocycles. The van der Waals surface area contributed by atoms with Crippen molar-refractivity contribution in [3.8, 4) is 0 Å². The molecule has 8 heteroatoms. The van der Waals surface area contributed by atoms with Crippen molar-refractivity contribution in [3.05, 3.63) is 35.9 Å². The van der Waals surface area contributed by atoms with Gasteiger partial charge in [-0.05, 0) is 45.1 Å². The normalized spacial score (nSPS) is 14.7. The Morgan fingerprint density at radius 3 is 2.57 bits per heavy atom. The van der Waals surface area contributed by atoms with E-state index in [-0.39, 0.29) is 30.1 Å². The number of hydrogen-bond donors (Lipinski definition) is 2. The molecule has 1 amide bonds. The molecule has 1 aromatic carbocycles. The van der Waals surface area contributed by atoms with Gasteiger partial charge in [-0.3, -0.25) is 4.99 Å². The molecule has 0 radical (unpaired) electrons. The zero-order valence-electron chi connectivity index (χ0n) is 18.3. The highest BCUT2D eigenvalue weighted by Crippen LogP contribution is 2.11. The smallest absolute Gasteiger partial charge is 0.409 e. The molecule has 0 saturated carbocycles. The molecule has 0 spiro atoms. The van der Waals surface area contributed by atoms with Crippen LogP contribution >= 0.6 is 24.0 Å². The van der Waals surface area contributed by atoms with E-state index in [9.17, 15) is 4.79 Å². The summed E-state index contributed by atoms with van der Waals surface area (Å²) >= 11 is 0. The topological polar surface area (TPSA) is 75.2 Å². The Kier molecular flexibility index (Phi) is 14.3. The van der Waals surface area contributed by atoms with Gasteiger partial charge in [0.15, 0.2) is 5.96 Å². The molecular formula is C22H37IN4O3. The maximum Gasteiger partial charge on any atom is 0.409 e. The summed E-state index contributed by atoms with van der Waals surface area (Å²) in [6.45, 7) is 8.75. The number of likely N-dealkylation sites (tertiary alicyclic amines) is 1. The van der Waals surface area contributed by atoms with Crippen LogP contribution in [0.2, 0.25) is 0 Å². The molecule has 2 N–H and O–H groups in total. The number of piperidine rings is 1. The summed E-state index contributed by atoms with van der Waals surface area (Å²) < 4.78 is 10.8. The molecule has 30 heavy (non-hydrogen) atoms. The summed E-state index contributed by atoms with van der Waals surface area (Å²) in [6.07, 6.45) is 3.42. The summed E-state index contributed by atoms with van der Waals surface area (Å²) in [6, 6.07) is 10.7. The monoisotopic (exact) mass is 532 g/mol. The molecular weight excluding hydrogens is 495 g/mol. The number of nitrogens with zero attached hydrogens (tertiary/aromatic N) is 2. The van der Waals surface area contributed by atoms with E-state index in [0.717, 1.165) is 51.3 Å². The van der Waals surface area contributed by atoms with Crippen molar-refractivity contribution in [2.24, 2.45) is 4.99 Å². The number of benzene rings is 1. The van der Waals surface area contributed by atoms with Crippen LogP contribution in [0.15, 0.2) is 35.3 Å².